The minimum atomic E-state index is -0.448. The minimum Gasteiger partial charge on any atom is -0.478 e. The zero-order valence-electron chi connectivity index (χ0n) is 14.6. The number of amides is 1. The van der Waals surface area contributed by atoms with Gasteiger partial charge in [0.25, 0.3) is 0 Å². The normalized spacial score (nSPS) is 18.3. The van der Waals surface area contributed by atoms with E-state index in [2.05, 4.69) is 9.97 Å². The van der Waals surface area contributed by atoms with Crippen molar-refractivity contribution in [3.05, 3.63) is 17.5 Å². The molecule has 0 spiro atoms. The highest BCUT2D eigenvalue weighted by atomic mass is 35.5. The van der Waals surface area contributed by atoms with Gasteiger partial charge in [-0.25, -0.2) is 14.8 Å². The molecule has 134 valence electrons. The summed E-state index contributed by atoms with van der Waals surface area (Å²) in [6.45, 7) is 7.79. The molecule has 2 heterocycles. The van der Waals surface area contributed by atoms with Gasteiger partial charge in [0.15, 0.2) is 0 Å². The van der Waals surface area contributed by atoms with Gasteiger partial charge in [0.05, 0.1) is 6.61 Å². The maximum atomic E-state index is 12.2. The van der Waals surface area contributed by atoms with Crippen LogP contribution in [0.15, 0.2) is 12.4 Å². The third-order valence-electron chi connectivity index (χ3n) is 3.79. The van der Waals surface area contributed by atoms with Gasteiger partial charge < -0.3 is 14.4 Å². The first-order valence-corrected chi connectivity index (χ1v) is 8.79. The van der Waals surface area contributed by atoms with Crippen LogP contribution in [0.5, 0.6) is 5.88 Å². The number of hydrogen-bond acceptors (Lipinski definition) is 5. The second-order valence-corrected chi connectivity index (χ2v) is 7.49. The number of nitrogens with zero attached hydrogens (tertiary/aromatic N) is 3. The van der Waals surface area contributed by atoms with E-state index in [0.29, 0.717) is 23.6 Å². The number of carbonyl (C=O) groups excluding carboxylic acids is 1. The van der Waals surface area contributed by atoms with Gasteiger partial charge in [0.1, 0.15) is 17.1 Å². The molecule has 1 fully saturated rings. The fourth-order valence-electron chi connectivity index (χ4n) is 2.74. The molecule has 0 unspecified atom stereocenters. The van der Waals surface area contributed by atoms with E-state index in [9.17, 15) is 4.79 Å². The molecule has 1 saturated heterocycles. The number of hydrogen-bond donors (Lipinski definition) is 0. The van der Waals surface area contributed by atoms with E-state index < -0.39 is 5.60 Å². The van der Waals surface area contributed by atoms with Gasteiger partial charge in [0, 0.05) is 19.2 Å². The molecule has 2 rings (SSSR count). The second-order valence-electron chi connectivity index (χ2n) is 7.10. The first-order valence-electron chi connectivity index (χ1n) is 8.42. The van der Waals surface area contributed by atoms with Crippen LogP contribution in [0.25, 0.3) is 0 Å². The van der Waals surface area contributed by atoms with Crippen molar-refractivity contribution in [3.63, 3.8) is 0 Å². The number of aromatic nitrogens is 2. The molecule has 1 atom stereocenters. The van der Waals surface area contributed by atoms with Crippen molar-refractivity contribution in [1.82, 2.24) is 14.9 Å². The lowest BCUT2D eigenvalue weighted by Crippen LogP contribution is -2.42. The lowest BCUT2D eigenvalue weighted by Gasteiger charge is -2.34. The fraction of sp³-hybridized carbons (Fsp3) is 0.706. The molecule has 0 saturated carbocycles. The molecule has 1 aliphatic heterocycles. The third-order valence-corrected chi connectivity index (χ3v) is 3.99. The summed E-state index contributed by atoms with van der Waals surface area (Å²) >= 11 is 5.79. The highest BCUT2D eigenvalue weighted by Gasteiger charge is 2.27. The van der Waals surface area contributed by atoms with Crippen molar-refractivity contribution < 1.29 is 14.3 Å². The number of halogens is 1. The first kappa shape index (κ1) is 18.8. The first-order chi connectivity index (χ1) is 11.3. The summed E-state index contributed by atoms with van der Waals surface area (Å²) in [5.41, 5.74) is -0.448. The summed E-state index contributed by atoms with van der Waals surface area (Å²) in [4.78, 5) is 21.8. The molecule has 0 N–H and O–H groups in total. The van der Waals surface area contributed by atoms with Crippen LogP contribution in [0, 0.1) is 5.92 Å². The van der Waals surface area contributed by atoms with Crippen molar-refractivity contribution in [2.24, 2.45) is 5.92 Å². The molecule has 1 amide bonds. The zero-order valence-corrected chi connectivity index (χ0v) is 15.4. The van der Waals surface area contributed by atoms with Crippen LogP contribution < -0.4 is 4.74 Å². The maximum Gasteiger partial charge on any atom is 0.410 e. The molecule has 1 aromatic rings. The van der Waals surface area contributed by atoms with Gasteiger partial charge in [-0.05, 0) is 52.4 Å². The SMILES string of the molecule is CC(C)(C)OC(=O)N1CCC[C@@H](CCCOc2cc(Cl)ncn2)C1. The molecule has 0 aliphatic carbocycles. The van der Waals surface area contributed by atoms with Crippen LogP contribution in [0.3, 0.4) is 0 Å². The van der Waals surface area contributed by atoms with Crippen molar-refractivity contribution in [2.45, 2.75) is 52.1 Å². The Bertz CT molecular complexity index is 548. The summed E-state index contributed by atoms with van der Waals surface area (Å²) in [6.07, 6.45) is 5.26. The van der Waals surface area contributed by atoms with Crippen molar-refractivity contribution >= 4 is 17.7 Å². The quantitative estimate of drug-likeness (QED) is 0.591. The van der Waals surface area contributed by atoms with Crippen LogP contribution in [0.1, 0.15) is 46.5 Å². The Balaban J connectivity index is 1.70. The molecule has 0 radical (unpaired) electrons. The minimum absolute atomic E-state index is 0.209. The maximum absolute atomic E-state index is 12.2. The van der Waals surface area contributed by atoms with E-state index in [1.54, 1.807) is 6.07 Å². The Morgan fingerprint density at radius 1 is 1.42 bits per heavy atom. The monoisotopic (exact) mass is 355 g/mol. The summed E-state index contributed by atoms with van der Waals surface area (Å²) in [5.74, 6) is 0.984. The highest BCUT2D eigenvalue weighted by molar-refractivity contribution is 6.29. The van der Waals surface area contributed by atoms with E-state index in [1.165, 1.54) is 6.33 Å². The van der Waals surface area contributed by atoms with Gasteiger partial charge in [-0.1, -0.05) is 11.6 Å². The van der Waals surface area contributed by atoms with Crippen LogP contribution >= 0.6 is 11.6 Å². The summed E-state index contributed by atoms with van der Waals surface area (Å²) < 4.78 is 11.0. The Kier molecular flexibility index (Phi) is 6.66. The summed E-state index contributed by atoms with van der Waals surface area (Å²) in [6, 6.07) is 1.60. The Hall–Kier alpha value is -1.56. The summed E-state index contributed by atoms with van der Waals surface area (Å²) in [7, 11) is 0. The van der Waals surface area contributed by atoms with Crippen LogP contribution in [-0.2, 0) is 4.74 Å². The highest BCUT2D eigenvalue weighted by Crippen LogP contribution is 2.23. The number of rotatable bonds is 5. The van der Waals surface area contributed by atoms with E-state index >= 15 is 0 Å². The largest absolute Gasteiger partial charge is 0.478 e. The number of piperidine rings is 1. The van der Waals surface area contributed by atoms with E-state index in [1.807, 2.05) is 25.7 Å². The number of likely N-dealkylation sites (tertiary alicyclic amines) is 1. The van der Waals surface area contributed by atoms with Gasteiger partial charge in [-0.3, -0.25) is 0 Å². The van der Waals surface area contributed by atoms with Gasteiger partial charge >= 0.3 is 6.09 Å². The Morgan fingerprint density at radius 3 is 2.92 bits per heavy atom. The van der Waals surface area contributed by atoms with Crippen LogP contribution in [-0.4, -0.2) is 46.3 Å². The van der Waals surface area contributed by atoms with Gasteiger partial charge in [-0.15, -0.1) is 0 Å². The van der Waals surface area contributed by atoms with Crippen LogP contribution in [0.4, 0.5) is 4.79 Å². The van der Waals surface area contributed by atoms with Crippen LogP contribution in [0.2, 0.25) is 5.15 Å². The van der Waals surface area contributed by atoms with E-state index in [-0.39, 0.29) is 6.09 Å². The smallest absolute Gasteiger partial charge is 0.410 e. The topological polar surface area (TPSA) is 64.5 Å². The molecule has 0 bridgehead atoms. The zero-order chi connectivity index (χ0) is 17.6. The average molecular weight is 356 g/mol. The van der Waals surface area contributed by atoms with E-state index in [4.69, 9.17) is 21.1 Å². The van der Waals surface area contributed by atoms with Crippen molar-refractivity contribution in [1.29, 1.82) is 0 Å². The lowest BCUT2D eigenvalue weighted by molar-refractivity contribution is 0.0159. The molecular weight excluding hydrogens is 330 g/mol. The van der Waals surface area contributed by atoms with Crippen molar-refractivity contribution in [3.8, 4) is 5.88 Å². The van der Waals surface area contributed by atoms with E-state index in [0.717, 1.165) is 38.8 Å². The Morgan fingerprint density at radius 2 is 2.21 bits per heavy atom. The molecule has 6 nitrogen and oxygen atoms in total. The fourth-order valence-corrected chi connectivity index (χ4v) is 2.88. The summed E-state index contributed by atoms with van der Waals surface area (Å²) in [5, 5.41) is 0.375. The lowest BCUT2D eigenvalue weighted by atomic mass is 9.94. The molecule has 0 aromatic carbocycles. The van der Waals surface area contributed by atoms with Gasteiger partial charge in [0.2, 0.25) is 5.88 Å². The molecule has 1 aromatic heterocycles. The molecule has 7 heteroatoms. The predicted octanol–water partition coefficient (Wildman–Crippen LogP) is 3.94. The predicted molar refractivity (Wildman–Crippen MR) is 92.3 cm³/mol. The average Bonchev–Trinajstić information content (AvgIpc) is 2.50. The molecule has 1 aliphatic rings. The third kappa shape index (κ3) is 6.51. The van der Waals surface area contributed by atoms with Gasteiger partial charge in [-0.2, -0.15) is 0 Å². The van der Waals surface area contributed by atoms with Crippen molar-refractivity contribution in [2.75, 3.05) is 19.7 Å². The standard InChI is InChI=1S/C17H26ClN3O3/c1-17(2,3)24-16(22)21-8-4-6-13(11-21)7-5-9-23-15-10-14(18)19-12-20-15/h10,12-13H,4-9,11H2,1-3H3/t13-/m0/s1. The Labute approximate surface area is 148 Å². The number of carbonyl (C=O) groups is 1. The number of ether oxygens (including phenoxy) is 2. The molecular formula is C17H26ClN3O3. The molecule has 24 heavy (non-hydrogen) atoms. The second kappa shape index (κ2) is 8.51.